The minimum Gasteiger partial charge on any atom is -0.493 e. The summed E-state index contributed by atoms with van der Waals surface area (Å²) in [4.78, 5) is 30.0. The predicted molar refractivity (Wildman–Crippen MR) is 152 cm³/mol. The summed E-state index contributed by atoms with van der Waals surface area (Å²) in [5, 5.41) is 0.382. The number of hydrogen-bond acceptors (Lipinski definition) is 6. The monoisotopic (exact) mass is 560 g/mol. The van der Waals surface area contributed by atoms with E-state index in [1.165, 1.54) is 10.5 Å². The average Bonchev–Trinajstić information content (AvgIpc) is 3.63. The number of para-hydroxylation sites is 1. The van der Waals surface area contributed by atoms with Crippen LogP contribution >= 0.6 is 11.6 Å². The number of likely N-dealkylation sites (N-methyl/N-ethyl adjacent to an activating group) is 1. The van der Waals surface area contributed by atoms with Gasteiger partial charge in [-0.1, -0.05) is 60.1 Å². The van der Waals surface area contributed by atoms with Crippen LogP contribution in [0.1, 0.15) is 46.6 Å². The van der Waals surface area contributed by atoms with Crippen LogP contribution in [0.2, 0.25) is 5.02 Å². The second-order valence-electron chi connectivity index (χ2n) is 10.8. The molecule has 1 amide bonds. The van der Waals surface area contributed by atoms with Gasteiger partial charge in [0.05, 0.1) is 11.6 Å². The first-order valence-electron chi connectivity index (χ1n) is 13.9. The fourth-order valence-corrected chi connectivity index (χ4v) is 6.26. The maximum Gasteiger partial charge on any atom is 0.416 e. The van der Waals surface area contributed by atoms with Crippen LogP contribution in [0.4, 0.5) is 4.79 Å². The molecule has 6 rings (SSSR count). The molecule has 0 aliphatic carbocycles. The second kappa shape index (κ2) is 11.5. The Hall–Kier alpha value is -3.55. The first-order valence-corrected chi connectivity index (χ1v) is 14.3. The molecule has 2 atom stereocenters. The summed E-state index contributed by atoms with van der Waals surface area (Å²) in [5.74, 6) is 0.887. The standard InChI is InChI=1S/C32H33ClN2O5/c1-34-15-12-23-17-27(33)29(18-25(23)26(19-34)24-10-5-9-22-13-16-38-30(22)24)40-32(37)35-14-6-11-28(35)31(36)39-20-21-7-3-2-4-8-21/h2-5,7-10,17-18,26,28H,6,11-16,19-20H2,1H3. The summed E-state index contributed by atoms with van der Waals surface area (Å²) < 4.78 is 17.5. The van der Waals surface area contributed by atoms with Gasteiger partial charge in [-0.25, -0.2) is 9.59 Å². The number of fused-ring (bicyclic) bond motifs is 2. The van der Waals surface area contributed by atoms with Gasteiger partial charge in [-0.3, -0.25) is 4.90 Å². The normalized spacial score (nSPS) is 20.3. The number of likely N-dealkylation sites (tertiary alicyclic amines) is 1. The molecule has 3 heterocycles. The summed E-state index contributed by atoms with van der Waals surface area (Å²) in [6.07, 6.45) is 2.40. The molecule has 0 bridgehead atoms. The van der Waals surface area contributed by atoms with Crippen LogP contribution in [0.3, 0.4) is 0 Å². The molecule has 2 unspecified atom stereocenters. The molecule has 3 aromatic carbocycles. The lowest BCUT2D eigenvalue weighted by Crippen LogP contribution is -2.42. The molecule has 208 valence electrons. The van der Waals surface area contributed by atoms with Crippen molar-refractivity contribution in [2.24, 2.45) is 0 Å². The molecule has 1 saturated heterocycles. The van der Waals surface area contributed by atoms with E-state index in [1.807, 2.05) is 42.5 Å². The molecular weight excluding hydrogens is 528 g/mol. The zero-order valence-electron chi connectivity index (χ0n) is 22.6. The van der Waals surface area contributed by atoms with Crippen molar-refractivity contribution in [2.45, 2.75) is 44.2 Å². The van der Waals surface area contributed by atoms with Crippen LogP contribution < -0.4 is 9.47 Å². The summed E-state index contributed by atoms with van der Waals surface area (Å²) in [5.41, 5.74) is 5.49. The van der Waals surface area contributed by atoms with Gasteiger partial charge in [-0.05, 0) is 60.7 Å². The van der Waals surface area contributed by atoms with Crippen LogP contribution in [0.25, 0.3) is 0 Å². The van der Waals surface area contributed by atoms with Crippen molar-refractivity contribution in [3.05, 3.63) is 93.5 Å². The Labute approximate surface area is 239 Å². The largest absolute Gasteiger partial charge is 0.493 e. The van der Waals surface area contributed by atoms with Crippen LogP contribution in [0, 0.1) is 0 Å². The lowest BCUT2D eigenvalue weighted by Gasteiger charge is -2.25. The Morgan fingerprint density at radius 3 is 2.70 bits per heavy atom. The van der Waals surface area contributed by atoms with Crippen molar-refractivity contribution in [2.75, 3.05) is 33.3 Å². The maximum absolute atomic E-state index is 13.4. The van der Waals surface area contributed by atoms with Gasteiger partial charge in [-0.2, -0.15) is 0 Å². The number of esters is 1. The van der Waals surface area contributed by atoms with Gasteiger partial charge in [0.1, 0.15) is 18.4 Å². The van der Waals surface area contributed by atoms with E-state index in [-0.39, 0.29) is 12.5 Å². The first kappa shape index (κ1) is 26.7. The number of amides is 1. The molecule has 1 fully saturated rings. The third-order valence-corrected chi connectivity index (χ3v) is 8.42. The fraction of sp³-hybridized carbons (Fsp3) is 0.375. The van der Waals surface area contributed by atoms with E-state index in [2.05, 4.69) is 30.1 Å². The highest BCUT2D eigenvalue weighted by molar-refractivity contribution is 6.32. The van der Waals surface area contributed by atoms with E-state index in [4.69, 9.17) is 25.8 Å². The fourth-order valence-electron chi connectivity index (χ4n) is 6.03. The lowest BCUT2D eigenvalue weighted by atomic mass is 9.86. The van der Waals surface area contributed by atoms with E-state index in [9.17, 15) is 9.59 Å². The van der Waals surface area contributed by atoms with E-state index in [0.29, 0.717) is 36.8 Å². The number of halogens is 1. The van der Waals surface area contributed by atoms with Crippen LogP contribution in [0.15, 0.2) is 60.7 Å². The van der Waals surface area contributed by atoms with E-state index in [1.54, 1.807) is 0 Å². The number of rotatable bonds is 5. The Bertz CT molecular complexity index is 1410. The van der Waals surface area contributed by atoms with Crippen LogP contribution in [-0.2, 0) is 29.0 Å². The molecule has 3 aliphatic heterocycles. The van der Waals surface area contributed by atoms with Crippen molar-refractivity contribution in [1.82, 2.24) is 9.80 Å². The van der Waals surface area contributed by atoms with E-state index >= 15 is 0 Å². The number of benzene rings is 3. The molecule has 0 radical (unpaired) electrons. The minimum atomic E-state index is -0.679. The molecule has 0 saturated carbocycles. The van der Waals surface area contributed by atoms with Crippen molar-refractivity contribution < 1.29 is 23.8 Å². The lowest BCUT2D eigenvalue weighted by molar-refractivity contribution is -0.149. The van der Waals surface area contributed by atoms with Crippen molar-refractivity contribution in [3.8, 4) is 11.5 Å². The van der Waals surface area contributed by atoms with Gasteiger partial charge in [-0.15, -0.1) is 0 Å². The zero-order chi connectivity index (χ0) is 27.6. The van der Waals surface area contributed by atoms with Crippen LogP contribution in [0.5, 0.6) is 11.5 Å². The number of ether oxygens (including phenoxy) is 3. The molecule has 0 aromatic heterocycles. The van der Waals surface area contributed by atoms with Crippen LogP contribution in [-0.4, -0.2) is 61.2 Å². The Balaban J connectivity index is 1.23. The molecule has 40 heavy (non-hydrogen) atoms. The Morgan fingerprint density at radius 2 is 1.85 bits per heavy atom. The van der Waals surface area contributed by atoms with Crippen molar-refractivity contribution >= 4 is 23.7 Å². The molecule has 3 aromatic rings. The summed E-state index contributed by atoms with van der Waals surface area (Å²) in [6, 6.07) is 19.0. The first-order chi connectivity index (χ1) is 19.5. The molecule has 0 N–H and O–H groups in total. The number of carbonyl (C=O) groups is 2. The van der Waals surface area contributed by atoms with Gasteiger partial charge in [0.2, 0.25) is 0 Å². The van der Waals surface area contributed by atoms with Gasteiger partial charge in [0.25, 0.3) is 0 Å². The second-order valence-corrected chi connectivity index (χ2v) is 11.2. The third kappa shape index (κ3) is 5.40. The van der Waals surface area contributed by atoms with E-state index < -0.39 is 18.1 Å². The molecular formula is C32H33ClN2O5. The third-order valence-electron chi connectivity index (χ3n) is 8.13. The van der Waals surface area contributed by atoms with Gasteiger partial charge in [0.15, 0.2) is 5.75 Å². The number of carbonyl (C=O) groups excluding carboxylic acids is 2. The maximum atomic E-state index is 13.4. The molecule has 7 nitrogen and oxygen atoms in total. The molecule has 0 spiro atoms. The Morgan fingerprint density at radius 1 is 1.00 bits per heavy atom. The quantitative estimate of drug-likeness (QED) is 0.378. The molecule has 3 aliphatic rings. The number of hydrogen-bond donors (Lipinski definition) is 0. The van der Waals surface area contributed by atoms with Crippen molar-refractivity contribution in [1.29, 1.82) is 0 Å². The van der Waals surface area contributed by atoms with Gasteiger partial charge >= 0.3 is 12.1 Å². The average molecular weight is 561 g/mol. The highest BCUT2D eigenvalue weighted by Gasteiger charge is 2.37. The SMILES string of the molecule is CN1CCc2cc(Cl)c(OC(=O)N3CCCC3C(=O)OCc3ccccc3)cc2C(c2cccc3c2OCC3)C1. The minimum absolute atomic E-state index is 0.0396. The van der Waals surface area contributed by atoms with E-state index in [0.717, 1.165) is 53.9 Å². The van der Waals surface area contributed by atoms with Gasteiger partial charge in [0, 0.05) is 37.5 Å². The predicted octanol–water partition coefficient (Wildman–Crippen LogP) is 5.60. The highest BCUT2D eigenvalue weighted by atomic mass is 35.5. The van der Waals surface area contributed by atoms with Gasteiger partial charge < -0.3 is 19.1 Å². The Kier molecular flexibility index (Phi) is 7.67. The summed E-state index contributed by atoms with van der Waals surface area (Å²) in [6.45, 7) is 2.99. The summed E-state index contributed by atoms with van der Waals surface area (Å²) >= 11 is 6.68. The van der Waals surface area contributed by atoms with Crippen molar-refractivity contribution in [3.63, 3.8) is 0 Å². The molecule has 8 heteroatoms. The number of nitrogens with zero attached hydrogens (tertiary/aromatic N) is 2. The topological polar surface area (TPSA) is 68.3 Å². The zero-order valence-corrected chi connectivity index (χ0v) is 23.4. The highest BCUT2D eigenvalue weighted by Crippen LogP contribution is 2.42. The summed E-state index contributed by atoms with van der Waals surface area (Å²) in [7, 11) is 2.12. The smallest absolute Gasteiger partial charge is 0.416 e.